The Morgan fingerprint density at radius 2 is 2.40 bits per heavy atom. The van der Waals surface area contributed by atoms with Gasteiger partial charge in [-0.3, -0.25) is 0 Å². The topological polar surface area (TPSA) is 51.0 Å². The van der Waals surface area contributed by atoms with Gasteiger partial charge in [0.15, 0.2) is 0 Å². The molecule has 1 N–H and O–H groups in total. The predicted molar refractivity (Wildman–Crippen MR) is 61.0 cm³/mol. The summed E-state index contributed by atoms with van der Waals surface area (Å²) in [6.07, 6.45) is 4.60. The van der Waals surface area contributed by atoms with Gasteiger partial charge in [-0.1, -0.05) is 6.42 Å². The molecule has 1 aromatic heterocycles. The lowest BCUT2D eigenvalue weighted by Crippen LogP contribution is -2.10. The summed E-state index contributed by atoms with van der Waals surface area (Å²) in [5.41, 5.74) is 0. The highest BCUT2D eigenvalue weighted by Gasteiger charge is 2.21. The van der Waals surface area contributed by atoms with Gasteiger partial charge >= 0.3 is 0 Å². The van der Waals surface area contributed by atoms with Gasteiger partial charge in [0.25, 0.3) is 0 Å². The highest BCUT2D eigenvalue weighted by atomic mass is 32.2. The minimum Gasteiger partial charge on any atom is -0.424 e. The smallest absolute Gasteiger partial charge is 0.229 e. The van der Waals surface area contributed by atoms with Crippen molar-refractivity contribution in [2.24, 2.45) is 0 Å². The number of likely N-dealkylation sites (N-methyl/N-ethyl adjacent to an activating group) is 1. The van der Waals surface area contributed by atoms with Crippen molar-refractivity contribution in [1.29, 1.82) is 0 Å². The lowest BCUT2D eigenvalue weighted by atomic mass is 10.2. The quantitative estimate of drug-likeness (QED) is 0.850. The van der Waals surface area contributed by atoms with Gasteiger partial charge in [-0.2, -0.15) is 0 Å². The SMILES string of the molecule is CNCCc1nnc(C2CCCCS2)o1. The molecule has 1 aliphatic heterocycles. The molecule has 0 aromatic carbocycles. The van der Waals surface area contributed by atoms with E-state index in [4.69, 9.17) is 4.42 Å². The van der Waals surface area contributed by atoms with Crippen molar-refractivity contribution in [2.45, 2.75) is 30.9 Å². The molecule has 2 rings (SSSR count). The second-order valence-corrected chi connectivity index (χ2v) is 5.05. The van der Waals surface area contributed by atoms with Crippen LogP contribution in [0.1, 0.15) is 36.3 Å². The zero-order valence-corrected chi connectivity index (χ0v) is 9.85. The average Bonchev–Trinajstić information content (AvgIpc) is 2.76. The molecular weight excluding hydrogens is 210 g/mol. The molecule has 84 valence electrons. The Morgan fingerprint density at radius 3 is 3.13 bits per heavy atom. The van der Waals surface area contributed by atoms with Gasteiger partial charge in [0.2, 0.25) is 11.8 Å². The number of hydrogen-bond acceptors (Lipinski definition) is 5. The minimum absolute atomic E-state index is 0.439. The molecule has 0 aliphatic carbocycles. The monoisotopic (exact) mass is 227 g/mol. The summed E-state index contributed by atoms with van der Waals surface area (Å²) < 4.78 is 5.64. The van der Waals surface area contributed by atoms with Crippen LogP contribution in [0, 0.1) is 0 Å². The van der Waals surface area contributed by atoms with Crippen LogP contribution in [-0.2, 0) is 6.42 Å². The van der Waals surface area contributed by atoms with Crippen molar-refractivity contribution in [1.82, 2.24) is 15.5 Å². The maximum atomic E-state index is 5.64. The van der Waals surface area contributed by atoms with E-state index < -0.39 is 0 Å². The van der Waals surface area contributed by atoms with Gasteiger partial charge in [-0.05, 0) is 25.6 Å². The van der Waals surface area contributed by atoms with Crippen LogP contribution in [0.5, 0.6) is 0 Å². The first-order valence-corrected chi connectivity index (χ1v) is 6.53. The van der Waals surface area contributed by atoms with Crippen molar-refractivity contribution >= 4 is 11.8 Å². The summed E-state index contributed by atoms with van der Waals surface area (Å²) >= 11 is 1.94. The Morgan fingerprint density at radius 1 is 1.47 bits per heavy atom. The van der Waals surface area contributed by atoms with Crippen LogP contribution in [0.3, 0.4) is 0 Å². The van der Waals surface area contributed by atoms with Crippen LogP contribution in [0.15, 0.2) is 4.42 Å². The Bertz CT molecular complexity index is 297. The van der Waals surface area contributed by atoms with E-state index in [1.54, 1.807) is 0 Å². The van der Waals surface area contributed by atoms with Crippen LogP contribution in [0.4, 0.5) is 0 Å². The standard InChI is InChI=1S/C10H17N3OS/c1-11-6-5-9-12-13-10(14-9)8-4-2-3-7-15-8/h8,11H,2-7H2,1H3. The first-order valence-electron chi connectivity index (χ1n) is 5.48. The average molecular weight is 227 g/mol. The third kappa shape index (κ3) is 2.95. The Labute approximate surface area is 94.2 Å². The molecule has 1 saturated heterocycles. The van der Waals surface area contributed by atoms with Crippen LogP contribution in [0.2, 0.25) is 0 Å². The van der Waals surface area contributed by atoms with Crippen LogP contribution in [0.25, 0.3) is 0 Å². The van der Waals surface area contributed by atoms with Gasteiger partial charge in [0.1, 0.15) is 0 Å². The van der Waals surface area contributed by atoms with Gasteiger partial charge < -0.3 is 9.73 Å². The fourth-order valence-corrected chi connectivity index (χ4v) is 2.89. The Balaban J connectivity index is 1.93. The van der Waals surface area contributed by atoms with Crippen molar-refractivity contribution in [3.63, 3.8) is 0 Å². The Kier molecular flexibility index (Phi) is 4.02. The first kappa shape index (κ1) is 11.0. The van der Waals surface area contributed by atoms with E-state index in [9.17, 15) is 0 Å². The van der Waals surface area contributed by atoms with Crippen molar-refractivity contribution in [3.05, 3.63) is 11.8 Å². The van der Waals surface area contributed by atoms with Gasteiger partial charge in [-0.25, -0.2) is 0 Å². The van der Waals surface area contributed by atoms with Gasteiger partial charge in [-0.15, -0.1) is 22.0 Å². The lowest BCUT2D eigenvalue weighted by Gasteiger charge is -2.17. The molecule has 1 unspecified atom stereocenters. The summed E-state index contributed by atoms with van der Waals surface area (Å²) in [4.78, 5) is 0. The third-order valence-corrected chi connectivity index (χ3v) is 3.89. The van der Waals surface area contributed by atoms with E-state index in [-0.39, 0.29) is 0 Å². The summed E-state index contributed by atoms with van der Waals surface area (Å²) in [6.45, 7) is 0.888. The normalized spacial score (nSPS) is 21.8. The van der Waals surface area contributed by atoms with E-state index in [1.807, 2.05) is 18.8 Å². The molecule has 4 nitrogen and oxygen atoms in total. The van der Waals surface area contributed by atoms with Crippen LogP contribution in [-0.4, -0.2) is 29.5 Å². The number of rotatable bonds is 4. The largest absolute Gasteiger partial charge is 0.424 e. The molecule has 0 spiro atoms. The maximum absolute atomic E-state index is 5.64. The van der Waals surface area contributed by atoms with E-state index in [0.717, 1.165) is 24.7 Å². The number of nitrogens with zero attached hydrogens (tertiary/aromatic N) is 2. The molecule has 5 heteroatoms. The lowest BCUT2D eigenvalue weighted by molar-refractivity contribution is 0.433. The van der Waals surface area contributed by atoms with Crippen molar-refractivity contribution in [2.75, 3.05) is 19.3 Å². The zero-order chi connectivity index (χ0) is 10.5. The van der Waals surface area contributed by atoms with Crippen molar-refractivity contribution < 1.29 is 4.42 Å². The van der Waals surface area contributed by atoms with Crippen LogP contribution < -0.4 is 5.32 Å². The second kappa shape index (κ2) is 5.51. The molecular formula is C10H17N3OS. The molecule has 0 radical (unpaired) electrons. The number of hydrogen-bond donors (Lipinski definition) is 1. The highest BCUT2D eigenvalue weighted by Crippen LogP contribution is 2.37. The summed E-state index contributed by atoms with van der Waals surface area (Å²) in [5, 5.41) is 11.7. The Hall–Kier alpha value is -0.550. The molecule has 0 bridgehead atoms. The van der Waals surface area contributed by atoms with Gasteiger partial charge in [0, 0.05) is 13.0 Å². The number of nitrogens with one attached hydrogen (secondary N) is 1. The molecule has 1 atom stereocenters. The summed E-state index contributed by atoms with van der Waals surface area (Å²) in [5.74, 6) is 2.80. The molecule has 1 aromatic rings. The van der Waals surface area contributed by atoms with E-state index in [1.165, 1.54) is 25.0 Å². The maximum Gasteiger partial charge on any atom is 0.229 e. The molecule has 0 amide bonds. The van der Waals surface area contributed by atoms with Crippen LogP contribution >= 0.6 is 11.8 Å². The molecule has 0 saturated carbocycles. The van der Waals surface area contributed by atoms with Crippen molar-refractivity contribution in [3.8, 4) is 0 Å². The molecule has 2 heterocycles. The van der Waals surface area contributed by atoms with E-state index in [0.29, 0.717) is 5.25 Å². The summed E-state index contributed by atoms with van der Waals surface area (Å²) in [6, 6.07) is 0. The number of aromatic nitrogens is 2. The minimum atomic E-state index is 0.439. The zero-order valence-electron chi connectivity index (χ0n) is 9.03. The fourth-order valence-electron chi connectivity index (χ4n) is 1.67. The second-order valence-electron chi connectivity index (χ2n) is 3.74. The molecule has 1 fully saturated rings. The molecule has 1 aliphatic rings. The summed E-state index contributed by atoms with van der Waals surface area (Å²) in [7, 11) is 1.92. The predicted octanol–water partition coefficient (Wildman–Crippen LogP) is 1.79. The van der Waals surface area contributed by atoms with E-state index in [2.05, 4.69) is 15.5 Å². The molecule has 15 heavy (non-hydrogen) atoms. The van der Waals surface area contributed by atoms with Gasteiger partial charge in [0.05, 0.1) is 5.25 Å². The first-order chi connectivity index (χ1) is 7.40. The highest BCUT2D eigenvalue weighted by molar-refractivity contribution is 7.99. The van der Waals surface area contributed by atoms with E-state index >= 15 is 0 Å². The fraction of sp³-hybridized carbons (Fsp3) is 0.800. The number of thioether (sulfide) groups is 1. The third-order valence-electron chi connectivity index (χ3n) is 2.53.